The molecule has 1 N–H and O–H groups in total. The molecule has 2 nitrogen and oxygen atoms in total. The first-order chi connectivity index (χ1) is 5.93. The average molecular weight is 162 g/mol. The highest BCUT2D eigenvalue weighted by molar-refractivity contribution is 5.06. The Morgan fingerprint density at radius 1 is 1.33 bits per heavy atom. The highest BCUT2D eigenvalue weighted by atomic mass is 14.9. The molecule has 0 aliphatic heterocycles. The van der Waals surface area contributed by atoms with Gasteiger partial charge in [0.1, 0.15) is 5.82 Å². The predicted molar refractivity (Wildman–Crippen MR) is 46.8 cm³/mol. The van der Waals surface area contributed by atoms with E-state index in [1.165, 1.54) is 31.5 Å². The fraction of sp³-hybridized carbons (Fsp3) is 0.700. The molecule has 64 valence electrons. The molecule has 2 fully saturated rings. The topological polar surface area (TPSA) is 28.7 Å². The van der Waals surface area contributed by atoms with Gasteiger partial charge in [-0.15, -0.1) is 0 Å². The molecule has 1 aromatic heterocycles. The van der Waals surface area contributed by atoms with Gasteiger partial charge in [0.2, 0.25) is 0 Å². The maximum atomic E-state index is 4.36. The summed E-state index contributed by atoms with van der Waals surface area (Å²) in [6, 6.07) is 0. The zero-order valence-corrected chi connectivity index (χ0v) is 7.16. The number of nitrogens with one attached hydrogen (secondary N) is 1. The third kappa shape index (κ3) is 0.838. The fourth-order valence-electron chi connectivity index (χ4n) is 3.06. The lowest BCUT2D eigenvalue weighted by Crippen LogP contribution is -2.09. The van der Waals surface area contributed by atoms with Gasteiger partial charge in [-0.2, -0.15) is 0 Å². The second kappa shape index (κ2) is 2.35. The molecule has 2 saturated carbocycles. The summed E-state index contributed by atoms with van der Waals surface area (Å²) in [5, 5.41) is 0. The van der Waals surface area contributed by atoms with E-state index in [1.54, 1.807) is 0 Å². The van der Waals surface area contributed by atoms with Crippen LogP contribution in [0.25, 0.3) is 0 Å². The van der Waals surface area contributed by atoms with Gasteiger partial charge in [-0.25, -0.2) is 4.98 Å². The highest BCUT2D eigenvalue weighted by Gasteiger charge is 2.41. The standard InChI is InChI=1S/C10H14N2/c1-2-8-5-7(1)6-9(8)10-11-3-4-12-10/h3-4,7-9H,1-2,5-6H2,(H,11,12)/t7?,8?,9-/m0/s1. The normalized spacial score (nSPS) is 39.2. The Balaban J connectivity index is 1.87. The van der Waals surface area contributed by atoms with Crippen LogP contribution in [0.1, 0.15) is 37.4 Å². The summed E-state index contributed by atoms with van der Waals surface area (Å²) in [6.07, 6.45) is 9.59. The summed E-state index contributed by atoms with van der Waals surface area (Å²) in [5.41, 5.74) is 0. The summed E-state index contributed by atoms with van der Waals surface area (Å²) >= 11 is 0. The minimum absolute atomic E-state index is 0.763. The van der Waals surface area contributed by atoms with Crippen molar-refractivity contribution >= 4 is 0 Å². The molecule has 0 radical (unpaired) electrons. The number of rotatable bonds is 1. The monoisotopic (exact) mass is 162 g/mol. The molecule has 12 heavy (non-hydrogen) atoms. The molecule has 2 unspecified atom stereocenters. The molecule has 0 aromatic carbocycles. The zero-order chi connectivity index (χ0) is 7.97. The van der Waals surface area contributed by atoms with Crippen LogP contribution in [0.15, 0.2) is 12.4 Å². The van der Waals surface area contributed by atoms with E-state index in [2.05, 4.69) is 9.97 Å². The van der Waals surface area contributed by atoms with Crippen molar-refractivity contribution in [3.63, 3.8) is 0 Å². The fourth-order valence-corrected chi connectivity index (χ4v) is 3.06. The van der Waals surface area contributed by atoms with Gasteiger partial charge in [0.05, 0.1) is 0 Å². The molecule has 2 aliphatic carbocycles. The number of fused-ring (bicyclic) bond motifs is 2. The van der Waals surface area contributed by atoms with Gasteiger partial charge >= 0.3 is 0 Å². The van der Waals surface area contributed by atoms with Crippen LogP contribution in [0.4, 0.5) is 0 Å². The average Bonchev–Trinajstić information content (AvgIpc) is 2.81. The number of aromatic nitrogens is 2. The summed E-state index contributed by atoms with van der Waals surface area (Å²) in [4.78, 5) is 7.61. The largest absolute Gasteiger partial charge is 0.348 e. The molecule has 0 amide bonds. The Morgan fingerprint density at radius 2 is 2.33 bits per heavy atom. The van der Waals surface area contributed by atoms with Gasteiger partial charge in [0.25, 0.3) is 0 Å². The molecule has 3 rings (SSSR count). The number of imidazole rings is 1. The molecule has 1 aromatic rings. The second-order valence-corrected chi connectivity index (χ2v) is 4.26. The van der Waals surface area contributed by atoms with Crippen molar-refractivity contribution in [2.24, 2.45) is 11.8 Å². The predicted octanol–water partition coefficient (Wildman–Crippen LogP) is 2.31. The summed E-state index contributed by atoms with van der Waals surface area (Å²) in [6.45, 7) is 0. The van der Waals surface area contributed by atoms with Crippen LogP contribution in [0.3, 0.4) is 0 Å². The molecular weight excluding hydrogens is 148 g/mol. The quantitative estimate of drug-likeness (QED) is 0.674. The van der Waals surface area contributed by atoms with Crippen molar-refractivity contribution in [3.8, 4) is 0 Å². The molecule has 2 bridgehead atoms. The Labute approximate surface area is 72.4 Å². The Morgan fingerprint density at radius 3 is 2.92 bits per heavy atom. The van der Waals surface area contributed by atoms with Gasteiger partial charge in [0, 0.05) is 18.3 Å². The molecule has 0 saturated heterocycles. The minimum atomic E-state index is 0.763. The Hall–Kier alpha value is -0.790. The Kier molecular flexibility index (Phi) is 1.31. The third-order valence-electron chi connectivity index (χ3n) is 3.61. The summed E-state index contributed by atoms with van der Waals surface area (Å²) in [7, 11) is 0. The van der Waals surface area contributed by atoms with Crippen molar-refractivity contribution in [2.45, 2.75) is 31.6 Å². The van der Waals surface area contributed by atoms with Crippen LogP contribution < -0.4 is 0 Å². The van der Waals surface area contributed by atoms with Gasteiger partial charge in [-0.05, 0) is 31.1 Å². The van der Waals surface area contributed by atoms with E-state index in [4.69, 9.17) is 0 Å². The lowest BCUT2D eigenvalue weighted by molar-refractivity contribution is 0.407. The van der Waals surface area contributed by atoms with E-state index in [-0.39, 0.29) is 0 Å². The number of H-pyrrole nitrogens is 1. The van der Waals surface area contributed by atoms with Gasteiger partial charge in [-0.1, -0.05) is 6.42 Å². The van der Waals surface area contributed by atoms with Crippen molar-refractivity contribution in [3.05, 3.63) is 18.2 Å². The number of nitrogens with zero attached hydrogens (tertiary/aromatic N) is 1. The molecule has 0 spiro atoms. The SMILES string of the molecule is c1c[nH]c([C@H]2CC3CCC2C3)n1. The maximum absolute atomic E-state index is 4.36. The molecule has 1 heterocycles. The van der Waals surface area contributed by atoms with Crippen LogP contribution in [0.5, 0.6) is 0 Å². The van der Waals surface area contributed by atoms with E-state index >= 15 is 0 Å². The van der Waals surface area contributed by atoms with Crippen LogP contribution in [-0.4, -0.2) is 9.97 Å². The molecule has 3 atom stereocenters. The second-order valence-electron chi connectivity index (χ2n) is 4.26. The van der Waals surface area contributed by atoms with Crippen LogP contribution in [0.2, 0.25) is 0 Å². The van der Waals surface area contributed by atoms with Crippen LogP contribution in [0, 0.1) is 11.8 Å². The third-order valence-corrected chi connectivity index (χ3v) is 3.61. The zero-order valence-electron chi connectivity index (χ0n) is 7.16. The minimum Gasteiger partial charge on any atom is -0.348 e. The van der Waals surface area contributed by atoms with Crippen molar-refractivity contribution in [1.82, 2.24) is 9.97 Å². The molecule has 2 heteroatoms. The van der Waals surface area contributed by atoms with Crippen molar-refractivity contribution < 1.29 is 0 Å². The van der Waals surface area contributed by atoms with Crippen LogP contribution in [-0.2, 0) is 0 Å². The smallest absolute Gasteiger partial charge is 0.109 e. The first-order valence-electron chi connectivity index (χ1n) is 4.93. The van der Waals surface area contributed by atoms with E-state index in [9.17, 15) is 0 Å². The van der Waals surface area contributed by atoms with E-state index < -0.39 is 0 Å². The lowest BCUT2D eigenvalue weighted by Gasteiger charge is -2.18. The first kappa shape index (κ1) is 6.70. The number of aromatic amines is 1. The maximum Gasteiger partial charge on any atom is 0.109 e. The van der Waals surface area contributed by atoms with E-state index in [0.29, 0.717) is 0 Å². The van der Waals surface area contributed by atoms with Crippen molar-refractivity contribution in [2.75, 3.05) is 0 Å². The summed E-state index contributed by atoms with van der Waals surface area (Å²) < 4.78 is 0. The molecular formula is C10H14N2. The Bertz CT molecular complexity index is 265. The number of hydrogen-bond donors (Lipinski definition) is 1. The van der Waals surface area contributed by atoms with Gasteiger partial charge in [-0.3, -0.25) is 0 Å². The molecule has 2 aliphatic rings. The van der Waals surface area contributed by atoms with Crippen molar-refractivity contribution in [1.29, 1.82) is 0 Å². The van der Waals surface area contributed by atoms with Gasteiger partial charge in [0.15, 0.2) is 0 Å². The lowest BCUT2D eigenvalue weighted by atomic mass is 9.88. The summed E-state index contributed by atoms with van der Waals surface area (Å²) in [5.74, 6) is 3.96. The van der Waals surface area contributed by atoms with E-state index in [0.717, 1.165) is 17.8 Å². The van der Waals surface area contributed by atoms with E-state index in [1.807, 2.05) is 12.4 Å². The highest BCUT2D eigenvalue weighted by Crippen LogP contribution is 2.51. The first-order valence-corrected chi connectivity index (χ1v) is 4.93. The van der Waals surface area contributed by atoms with Gasteiger partial charge < -0.3 is 4.98 Å². The van der Waals surface area contributed by atoms with Crippen LogP contribution >= 0.6 is 0 Å². The number of hydrogen-bond acceptors (Lipinski definition) is 1.